The lowest BCUT2D eigenvalue weighted by Gasteiger charge is -2.13. The van der Waals surface area contributed by atoms with E-state index in [1.807, 2.05) is 18.2 Å². The van der Waals surface area contributed by atoms with E-state index in [0.717, 1.165) is 53.8 Å². The maximum absolute atomic E-state index is 12.5. The molecule has 0 bridgehead atoms. The zero-order chi connectivity index (χ0) is 21.4. The van der Waals surface area contributed by atoms with Gasteiger partial charge in [0, 0.05) is 48.2 Å². The van der Waals surface area contributed by atoms with Crippen LogP contribution in [-0.4, -0.2) is 38.2 Å². The Morgan fingerprint density at radius 2 is 1.97 bits per heavy atom. The lowest BCUT2D eigenvalue weighted by atomic mass is 9.97. The van der Waals surface area contributed by atoms with Crippen LogP contribution >= 0.6 is 0 Å². The number of aromatic nitrogens is 1. The van der Waals surface area contributed by atoms with Gasteiger partial charge in [-0.3, -0.25) is 14.5 Å². The SMILES string of the molecule is O=C(Cc1cc(-c2ccc(NS(=O)(=O)CC3CCOC3)cc2)c2c(n1)CC=C2)C1CC1. The minimum absolute atomic E-state index is 0.0553. The van der Waals surface area contributed by atoms with Crippen LogP contribution in [0.2, 0.25) is 0 Å². The molecule has 5 rings (SSSR count). The molecule has 2 aromatic rings. The van der Waals surface area contributed by atoms with Gasteiger partial charge >= 0.3 is 0 Å². The Balaban J connectivity index is 1.35. The molecule has 0 spiro atoms. The molecule has 2 aliphatic carbocycles. The molecule has 1 aromatic heterocycles. The molecule has 1 atom stereocenters. The number of carbonyl (C=O) groups excluding carboxylic acids is 1. The van der Waals surface area contributed by atoms with Gasteiger partial charge < -0.3 is 4.74 Å². The summed E-state index contributed by atoms with van der Waals surface area (Å²) >= 11 is 0. The number of hydrogen-bond acceptors (Lipinski definition) is 5. The highest BCUT2D eigenvalue weighted by Gasteiger charge is 2.30. The van der Waals surface area contributed by atoms with Crippen molar-refractivity contribution in [1.82, 2.24) is 4.98 Å². The average Bonchev–Trinajstić information content (AvgIpc) is 3.28. The minimum atomic E-state index is -3.42. The van der Waals surface area contributed by atoms with Gasteiger partial charge in [0.15, 0.2) is 0 Å². The first-order valence-corrected chi connectivity index (χ1v) is 12.5. The molecule has 1 N–H and O–H groups in total. The molecule has 2 heterocycles. The first kappa shape index (κ1) is 20.4. The van der Waals surface area contributed by atoms with Crippen LogP contribution in [-0.2, 0) is 32.4 Å². The van der Waals surface area contributed by atoms with Gasteiger partial charge in [0.05, 0.1) is 18.1 Å². The third kappa shape index (κ3) is 4.72. The summed E-state index contributed by atoms with van der Waals surface area (Å²) in [6, 6.07) is 9.43. The van der Waals surface area contributed by atoms with Crippen LogP contribution in [0.5, 0.6) is 0 Å². The van der Waals surface area contributed by atoms with Crippen LogP contribution in [0, 0.1) is 11.8 Å². The van der Waals surface area contributed by atoms with Crippen molar-refractivity contribution in [1.29, 1.82) is 0 Å². The number of carbonyl (C=O) groups is 1. The van der Waals surface area contributed by atoms with Gasteiger partial charge in [0.25, 0.3) is 0 Å². The topological polar surface area (TPSA) is 85.4 Å². The molecule has 7 heteroatoms. The van der Waals surface area contributed by atoms with Crippen molar-refractivity contribution in [3.05, 3.63) is 53.4 Å². The number of sulfonamides is 1. The Morgan fingerprint density at radius 1 is 1.16 bits per heavy atom. The molecule has 6 nitrogen and oxygen atoms in total. The molecular formula is C24H26N2O4S. The number of rotatable bonds is 8. The van der Waals surface area contributed by atoms with Gasteiger partial charge in [-0.2, -0.15) is 0 Å². The summed E-state index contributed by atoms with van der Waals surface area (Å²) in [7, 11) is -3.42. The molecule has 0 radical (unpaired) electrons. The van der Waals surface area contributed by atoms with E-state index in [1.165, 1.54) is 0 Å². The zero-order valence-electron chi connectivity index (χ0n) is 17.3. The van der Waals surface area contributed by atoms with Crippen molar-refractivity contribution in [3.8, 4) is 11.1 Å². The fourth-order valence-electron chi connectivity index (χ4n) is 4.32. The van der Waals surface area contributed by atoms with E-state index < -0.39 is 10.0 Å². The highest BCUT2D eigenvalue weighted by molar-refractivity contribution is 7.92. The Labute approximate surface area is 182 Å². The highest BCUT2D eigenvalue weighted by Crippen LogP contribution is 2.34. The average molecular weight is 439 g/mol. The molecule has 0 amide bonds. The number of ether oxygens (including phenoxy) is 1. The van der Waals surface area contributed by atoms with E-state index in [4.69, 9.17) is 9.72 Å². The van der Waals surface area contributed by atoms with Crippen LogP contribution < -0.4 is 4.72 Å². The molecule has 1 saturated carbocycles. The summed E-state index contributed by atoms with van der Waals surface area (Å²) in [5, 5.41) is 0. The molecule has 31 heavy (non-hydrogen) atoms. The minimum Gasteiger partial charge on any atom is -0.381 e. The van der Waals surface area contributed by atoms with E-state index in [2.05, 4.69) is 16.9 Å². The summed E-state index contributed by atoms with van der Waals surface area (Å²) < 4.78 is 32.9. The summed E-state index contributed by atoms with van der Waals surface area (Å²) in [5.41, 5.74) is 5.47. The van der Waals surface area contributed by atoms with Crippen molar-refractivity contribution in [3.63, 3.8) is 0 Å². The number of ketones is 1. The third-order valence-electron chi connectivity index (χ3n) is 6.12. The maximum atomic E-state index is 12.5. The second kappa shape index (κ2) is 8.20. The quantitative estimate of drug-likeness (QED) is 0.680. The summed E-state index contributed by atoms with van der Waals surface area (Å²) in [6.07, 6.45) is 8.11. The summed E-state index contributed by atoms with van der Waals surface area (Å²) in [5.74, 6) is 0.636. The monoisotopic (exact) mass is 438 g/mol. The Hall–Kier alpha value is -2.51. The number of Topliss-reactive ketones (excluding diaryl/α,β-unsaturated/α-hetero) is 1. The summed E-state index contributed by atoms with van der Waals surface area (Å²) in [6.45, 7) is 1.14. The van der Waals surface area contributed by atoms with Gasteiger partial charge in [-0.1, -0.05) is 24.3 Å². The highest BCUT2D eigenvalue weighted by atomic mass is 32.2. The van der Waals surface area contributed by atoms with Crippen LogP contribution in [0.4, 0.5) is 5.69 Å². The molecule has 1 unspecified atom stereocenters. The molecule has 2 fully saturated rings. The number of nitrogens with one attached hydrogen (secondary N) is 1. The van der Waals surface area contributed by atoms with E-state index in [0.29, 0.717) is 25.3 Å². The number of hydrogen-bond donors (Lipinski definition) is 1. The second-order valence-corrected chi connectivity index (χ2v) is 10.5. The van der Waals surface area contributed by atoms with Gasteiger partial charge in [0.2, 0.25) is 10.0 Å². The predicted octanol–water partition coefficient (Wildman–Crippen LogP) is 3.62. The number of pyridine rings is 1. The van der Waals surface area contributed by atoms with Crippen LogP contribution in [0.3, 0.4) is 0 Å². The van der Waals surface area contributed by atoms with Crippen molar-refractivity contribution in [2.75, 3.05) is 23.7 Å². The van der Waals surface area contributed by atoms with Crippen molar-refractivity contribution < 1.29 is 17.9 Å². The predicted molar refractivity (Wildman–Crippen MR) is 120 cm³/mol. The largest absolute Gasteiger partial charge is 0.381 e. The first-order chi connectivity index (χ1) is 15.0. The van der Waals surface area contributed by atoms with Crippen LogP contribution in [0.25, 0.3) is 17.2 Å². The fraction of sp³-hybridized carbons (Fsp3) is 0.417. The van der Waals surface area contributed by atoms with Gasteiger partial charge in [0.1, 0.15) is 5.78 Å². The lowest BCUT2D eigenvalue weighted by molar-refractivity contribution is -0.119. The molecule has 3 aliphatic rings. The maximum Gasteiger partial charge on any atom is 0.233 e. The first-order valence-electron chi connectivity index (χ1n) is 10.9. The van der Waals surface area contributed by atoms with Gasteiger partial charge in [-0.05, 0) is 48.6 Å². The number of fused-ring (bicyclic) bond motifs is 1. The van der Waals surface area contributed by atoms with E-state index in [9.17, 15) is 13.2 Å². The van der Waals surface area contributed by atoms with Gasteiger partial charge in [-0.15, -0.1) is 0 Å². The molecule has 1 aromatic carbocycles. The number of nitrogens with zero attached hydrogens (tertiary/aromatic N) is 1. The van der Waals surface area contributed by atoms with E-state index in [1.54, 1.807) is 12.1 Å². The van der Waals surface area contributed by atoms with E-state index in [-0.39, 0.29) is 23.4 Å². The van der Waals surface area contributed by atoms with Crippen molar-refractivity contribution >= 4 is 27.6 Å². The van der Waals surface area contributed by atoms with E-state index >= 15 is 0 Å². The standard InChI is InChI=1S/C24H26N2O4S/c27-24(18-4-5-18)13-20-12-22(21-2-1-3-23(21)25-20)17-6-8-19(9-7-17)26-31(28,29)15-16-10-11-30-14-16/h1-2,6-9,12,16,18,26H,3-5,10-11,13-15H2. The molecule has 162 valence electrons. The van der Waals surface area contributed by atoms with Crippen molar-refractivity contribution in [2.24, 2.45) is 11.8 Å². The molecule has 1 aliphatic heterocycles. The smallest absolute Gasteiger partial charge is 0.233 e. The Kier molecular flexibility index (Phi) is 5.40. The number of benzene rings is 1. The third-order valence-corrected chi connectivity index (χ3v) is 7.58. The molecular weight excluding hydrogens is 412 g/mol. The van der Waals surface area contributed by atoms with Crippen molar-refractivity contribution in [2.45, 2.75) is 32.1 Å². The Morgan fingerprint density at radius 3 is 2.68 bits per heavy atom. The van der Waals surface area contributed by atoms with Crippen LogP contribution in [0.1, 0.15) is 36.2 Å². The second-order valence-electron chi connectivity index (χ2n) is 8.74. The van der Waals surface area contributed by atoms with Crippen LogP contribution in [0.15, 0.2) is 36.4 Å². The normalized spacial score (nSPS) is 20.1. The number of allylic oxidation sites excluding steroid dienone is 1. The number of anilines is 1. The van der Waals surface area contributed by atoms with Gasteiger partial charge in [-0.25, -0.2) is 8.42 Å². The fourth-order valence-corrected chi connectivity index (χ4v) is 5.78. The zero-order valence-corrected chi connectivity index (χ0v) is 18.2. The summed E-state index contributed by atoms with van der Waals surface area (Å²) in [4.78, 5) is 17.0. The Bertz CT molecular complexity index is 1130. The lowest BCUT2D eigenvalue weighted by Crippen LogP contribution is -2.22. The molecule has 1 saturated heterocycles.